The van der Waals surface area contributed by atoms with Crippen molar-refractivity contribution in [1.29, 1.82) is 0 Å². The van der Waals surface area contributed by atoms with Gasteiger partial charge in [-0.1, -0.05) is 30.3 Å². The third kappa shape index (κ3) is 3.13. The number of Topliss-reactive ketones (excluding diaryl/α,β-unsaturated/α-hetero) is 1. The van der Waals surface area contributed by atoms with Gasteiger partial charge in [-0.05, 0) is 24.6 Å². The first-order valence-corrected chi connectivity index (χ1v) is 7.40. The van der Waals surface area contributed by atoms with Crippen molar-refractivity contribution in [3.8, 4) is 0 Å². The summed E-state index contributed by atoms with van der Waals surface area (Å²) in [7, 11) is 0. The lowest BCUT2D eigenvalue weighted by Gasteiger charge is -2.03. The molecule has 5 heteroatoms. The van der Waals surface area contributed by atoms with Crippen molar-refractivity contribution in [2.45, 2.75) is 13.3 Å². The number of hydrogen-bond donors (Lipinski definition) is 0. The molecule has 0 aliphatic heterocycles. The predicted molar refractivity (Wildman–Crippen MR) is 85.6 cm³/mol. The van der Waals surface area contributed by atoms with Gasteiger partial charge >= 0.3 is 5.97 Å². The highest BCUT2D eigenvalue weighted by molar-refractivity contribution is 6.03. The fourth-order valence-corrected chi connectivity index (χ4v) is 2.41. The van der Waals surface area contributed by atoms with Gasteiger partial charge in [0.15, 0.2) is 5.78 Å². The van der Waals surface area contributed by atoms with Crippen molar-refractivity contribution in [3.05, 3.63) is 71.5 Å². The number of benzene rings is 1. The number of fused-ring (bicyclic) bond motifs is 1. The molecule has 0 spiro atoms. The van der Waals surface area contributed by atoms with Crippen molar-refractivity contribution in [1.82, 2.24) is 9.61 Å². The fraction of sp³-hybridized carbons (Fsp3) is 0.167. The van der Waals surface area contributed by atoms with Crippen LogP contribution in [0.5, 0.6) is 0 Å². The molecule has 3 rings (SSSR count). The maximum atomic E-state index is 12.5. The second-order valence-electron chi connectivity index (χ2n) is 5.11. The van der Waals surface area contributed by atoms with Crippen molar-refractivity contribution >= 4 is 17.3 Å². The van der Waals surface area contributed by atoms with Gasteiger partial charge in [-0.2, -0.15) is 5.10 Å². The minimum atomic E-state index is -0.401. The van der Waals surface area contributed by atoms with Gasteiger partial charge in [0, 0.05) is 12.6 Å². The van der Waals surface area contributed by atoms with Gasteiger partial charge in [-0.15, -0.1) is 0 Å². The number of ether oxygens (including phenoxy) is 1. The standard InChI is InChI=1S/C18H16N2O3/c1-2-23-18(22)14-8-9-16-15(11-19-20(16)12-14)17(21)10-13-6-4-3-5-7-13/h3-9,11-12H,2,10H2,1H3. The molecule has 0 aliphatic rings. The zero-order chi connectivity index (χ0) is 16.2. The fourth-order valence-electron chi connectivity index (χ4n) is 2.41. The second-order valence-corrected chi connectivity index (χ2v) is 5.11. The summed E-state index contributed by atoms with van der Waals surface area (Å²) in [6.45, 7) is 2.07. The van der Waals surface area contributed by atoms with Crippen LogP contribution >= 0.6 is 0 Å². The molecule has 23 heavy (non-hydrogen) atoms. The molecule has 0 aliphatic carbocycles. The zero-order valence-electron chi connectivity index (χ0n) is 12.7. The minimum absolute atomic E-state index is 0.00455. The molecular weight excluding hydrogens is 292 g/mol. The number of carbonyl (C=O) groups excluding carboxylic acids is 2. The molecule has 2 aromatic heterocycles. The van der Waals surface area contributed by atoms with E-state index in [0.717, 1.165) is 5.56 Å². The molecule has 0 fully saturated rings. The van der Waals surface area contributed by atoms with Crippen LogP contribution in [0.15, 0.2) is 54.9 Å². The number of esters is 1. The number of carbonyl (C=O) groups is 2. The van der Waals surface area contributed by atoms with Crippen LogP contribution in [0.4, 0.5) is 0 Å². The predicted octanol–water partition coefficient (Wildman–Crippen LogP) is 2.94. The topological polar surface area (TPSA) is 60.7 Å². The molecule has 0 atom stereocenters. The van der Waals surface area contributed by atoms with E-state index in [-0.39, 0.29) is 5.78 Å². The normalized spacial score (nSPS) is 10.7. The first-order chi connectivity index (χ1) is 11.2. The summed E-state index contributed by atoms with van der Waals surface area (Å²) in [4.78, 5) is 24.2. The largest absolute Gasteiger partial charge is 0.462 e. The number of hydrogen-bond acceptors (Lipinski definition) is 4. The summed E-state index contributed by atoms with van der Waals surface area (Å²) in [6.07, 6.45) is 3.43. The minimum Gasteiger partial charge on any atom is -0.462 e. The SMILES string of the molecule is CCOC(=O)c1ccc2c(C(=O)Cc3ccccc3)cnn2c1. The van der Waals surface area contributed by atoms with E-state index in [2.05, 4.69) is 5.10 Å². The molecule has 5 nitrogen and oxygen atoms in total. The number of aromatic nitrogens is 2. The first-order valence-electron chi connectivity index (χ1n) is 7.40. The Labute approximate surface area is 133 Å². The summed E-state index contributed by atoms with van der Waals surface area (Å²) in [5.74, 6) is -0.405. The summed E-state index contributed by atoms with van der Waals surface area (Å²) in [6, 6.07) is 12.9. The highest BCUT2D eigenvalue weighted by Crippen LogP contribution is 2.15. The average Bonchev–Trinajstić information content (AvgIpc) is 2.99. The number of pyridine rings is 1. The third-order valence-electron chi connectivity index (χ3n) is 3.54. The van der Waals surface area contributed by atoms with Crippen LogP contribution in [-0.2, 0) is 11.2 Å². The Morgan fingerprint density at radius 2 is 1.91 bits per heavy atom. The maximum Gasteiger partial charge on any atom is 0.339 e. The molecule has 3 aromatic rings. The molecule has 116 valence electrons. The molecule has 0 saturated carbocycles. The molecule has 0 N–H and O–H groups in total. The lowest BCUT2D eigenvalue weighted by atomic mass is 10.0. The highest BCUT2D eigenvalue weighted by atomic mass is 16.5. The molecule has 2 heterocycles. The highest BCUT2D eigenvalue weighted by Gasteiger charge is 2.15. The van der Waals surface area contributed by atoms with E-state index >= 15 is 0 Å². The van der Waals surface area contributed by atoms with E-state index < -0.39 is 5.97 Å². The van der Waals surface area contributed by atoms with E-state index in [9.17, 15) is 9.59 Å². The quantitative estimate of drug-likeness (QED) is 0.537. The van der Waals surface area contributed by atoms with Crippen molar-refractivity contribution in [2.24, 2.45) is 0 Å². The van der Waals surface area contributed by atoms with Crippen molar-refractivity contribution in [2.75, 3.05) is 6.61 Å². The molecule has 1 aromatic carbocycles. The van der Waals surface area contributed by atoms with E-state index in [1.165, 1.54) is 10.7 Å². The Hall–Kier alpha value is -2.95. The van der Waals surface area contributed by atoms with Gasteiger partial charge in [0.2, 0.25) is 0 Å². The second kappa shape index (κ2) is 6.44. The van der Waals surface area contributed by atoms with Crippen LogP contribution in [0.1, 0.15) is 33.2 Å². The van der Waals surface area contributed by atoms with Gasteiger partial charge in [0.25, 0.3) is 0 Å². The van der Waals surface area contributed by atoms with E-state index in [1.54, 1.807) is 25.3 Å². The Morgan fingerprint density at radius 1 is 1.13 bits per heavy atom. The van der Waals surface area contributed by atoms with E-state index in [0.29, 0.717) is 29.7 Å². The summed E-state index contributed by atoms with van der Waals surface area (Å²) < 4.78 is 6.50. The van der Waals surface area contributed by atoms with Gasteiger partial charge in [-0.3, -0.25) is 4.79 Å². The van der Waals surface area contributed by atoms with E-state index in [1.807, 2.05) is 30.3 Å². The zero-order valence-corrected chi connectivity index (χ0v) is 12.7. The Kier molecular flexibility index (Phi) is 4.19. The summed E-state index contributed by atoms with van der Waals surface area (Å²) >= 11 is 0. The van der Waals surface area contributed by atoms with Gasteiger partial charge < -0.3 is 4.74 Å². The maximum absolute atomic E-state index is 12.5. The van der Waals surface area contributed by atoms with Crippen LogP contribution < -0.4 is 0 Å². The van der Waals surface area contributed by atoms with E-state index in [4.69, 9.17) is 4.74 Å². The molecular formula is C18H16N2O3. The lowest BCUT2D eigenvalue weighted by Crippen LogP contribution is -2.07. The molecule has 0 unspecified atom stereocenters. The molecule has 0 saturated heterocycles. The third-order valence-corrected chi connectivity index (χ3v) is 3.54. The summed E-state index contributed by atoms with van der Waals surface area (Å²) in [5, 5.41) is 4.17. The summed E-state index contributed by atoms with van der Waals surface area (Å²) in [5.41, 5.74) is 2.59. The van der Waals surface area contributed by atoms with Crippen molar-refractivity contribution < 1.29 is 14.3 Å². The number of nitrogens with zero attached hydrogens (tertiary/aromatic N) is 2. The average molecular weight is 308 g/mol. The van der Waals surface area contributed by atoms with Gasteiger partial charge in [-0.25, -0.2) is 9.31 Å². The van der Waals surface area contributed by atoms with Crippen LogP contribution in [0, 0.1) is 0 Å². The molecule has 0 bridgehead atoms. The molecule has 0 amide bonds. The first kappa shape index (κ1) is 15.0. The molecule has 0 radical (unpaired) electrons. The monoisotopic (exact) mass is 308 g/mol. The smallest absolute Gasteiger partial charge is 0.339 e. The van der Waals surface area contributed by atoms with Crippen LogP contribution in [0.2, 0.25) is 0 Å². The Balaban J connectivity index is 1.88. The van der Waals surface area contributed by atoms with Gasteiger partial charge in [0.05, 0.1) is 29.4 Å². The van der Waals surface area contributed by atoms with Crippen LogP contribution in [-0.4, -0.2) is 28.0 Å². The van der Waals surface area contributed by atoms with Crippen molar-refractivity contribution in [3.63, 3.8) is 0 Å². The Morgan fingerprint density at radius 3 is 2.65 bits per heavy atom. The van der Waals surface area contributed by atoms with Gasteiger partial charge in [0.1, 0.15) is 0 Å². The lowest BCUT2D eigenvalue weighted by molar-refractivity contribution is 0.0525. The Bertz CT molecular complexity index is 853. The number of rotatable bonds is 5. The van der Waals surface area contributed by atoms with Crippen LogP contribution in [0.25, 0.3) is 5.52 Å². The van der Waals surface area contributed by atoms with Crippen LogP contribution in [0.3, 0.4) is 0 Å². The number of ketones is 1.